The molecule has 1 aromatic heterocycles. The molecule has 2 heterocycles. The van der Waals surface area contributed by atoms with Crippen LogP contribution in [0.25, 0.3) is 0 Å². The Balaban J connectivity index is 0.00000261. The van der Waals surface area contributed by atoms with Crippen LogP contribution in [-0.4, -0.2) is 34.9 Å². The fourth-order valence-corrected chi connectivity index (χ4v) is 4.67. The Bertz CT molecular complexity index is 830. The number of nitro groups is 1. The molecule has 0 aliphatic carbocycles. The van der Waals surface area contributed by atoms with E-state index in [4.69, 9.17) is 0 Å². The maximum atomic E-state index is 12.5. The number of halogens is 1. The van der Waals surface area contributed by atoms with Crippen LogP contribution in [0.3, 0.4) is 0 Å². The Morgan fingerprint density at radius 3 is 2.89 bits per heavy atom. The predicted molar refractivity (Wildman–Crippen MR) is 109 cm³/mol. The van der Waals surface area contributed by atoms with E-state index in [9.17, 15) is 14.9 Å². The van der Waals surface area contributed by atoms with Crippen LogP contribution >= 0.6 is 35.5 Å². The van der Waals surface area contributed by atoms with Crippen molar-refractivity contribution in [2.45, 2.75) is 35.5 Å². The lowest BCUT2D eigenvalue weighted by atomic mass is 9.94. The molecule has 27 heavy (non-hydrogen) atoms. The van der Waals surface area contributed by atoms with E-state index in [1.807, 2.05) is 12.3 Å². The molecule has 10 heteroatoms. The Morgan fingerprint density at radius 1 is 1.48 bits per heavy atom. The first-order valence-corrected chi connectivity index (χ1v) is 10.0. The molecule has 2 N–H and O–H groups in total. The summed E-state index contributed by atoms with van der Waals surface area (Å²) in [4.78, 5) is 28.3. The lowest BCUT2D eigenvalue weighted by Crippen LogP contribution is -2.50. The molecule has 1 aromatic carbocycles. The molecule has 1 aliphatic rings. The van der Waals surface area contributed by atoms with Crippen molar-refractivity contribution in [3.63, 3.8) is 0 Å². The lowest BCUT2D eigenvalue weighted by Gasteiger charge is -2.30. The number of aryl methyl sites for hydroxylation is 1. The first-order valence-electron chi connectivity index (χ1n) is 8.34. The molecule has 0 saturated carbocycles. The number of benzene rings is 1. The van der Waals surface area contributed by atoms with Crippen molar-refractivity contribution in [2.75, 3.05) is 13.1 Å². The Kier molecular flexibility index (Phi) is 7.60. The zero-order valence-electron chi connectivity index (χ0n) is 14.9. The molecule has 2 atom stereocenters. The SMILES string of the molecule is Cc1csc(Sc2ccc(C(=O)NC3CNCCC3C)cc2[N+](=O)[O-])n1.Cl. The molecule has 146 valence electrons. The molecule has 1 aliphatic heterocycles. The van der Waals surface area contributed by atoms with Gasteiger partial charge in [-0.15, -0.1) is 23.7 Å². The fourth-order valence-electron chi connectivity index (χ4n) is 2.80. The third-order valence-electron chi connectivity index (χ3n) is 4.36. The Labute approximate surface area is 171 Å². The van der Waals surface area contributed by atoms with Crippen LogP contribution in [0.2, 0.25) is 0 Å². The van der Waals surface area contributed by atoms with Gasteiger partial charge in [0.1, 0.15) is 0 Å². The summed E-state index contributed by atoms with van der Waals surface area (Å²) in [7, 11) is 0. The van der Waals surface area contributed by atoms with Crippen molar-refractivity contribution in [2.24, 2.45) is 5.92 Å². The van der Waals surface area contributed by atoms with Gasteiger partial charge in [-0.2, -0.15) is 0 Å². The zero-order chi connectivity index (χ0) is 18.7. The molecule has 2 unspecified atom stereocenters. The van der Waals surface area contributed by atoms with E-state index in [0.717, 1.165) is 23.0 Å². The van der Waals surface area contributed by atoms with Crippen molar-refractivity contribution >= 4 is 47.1 Å². The van der Waals surface area contributed by atoms with Crippen molar-refractivity contribution in [3.8, 4) is 0 Å². The predicted octanol–water partition coefficient (Wildman–Crippen LogP) is 3.66. The van der Waals surface area contributed by atoms with Crippen LogP contribution in [0.15, 0.2) is 32.8 Å². The minimum absolute atomic E-state index is 0. The van der Waals surface area contributed by atoms with E-state index in [1.165, 1.54) is 29.2 Å². The van der Waals surface area contributed by atoms with Crippen molar-refractivity contribution in [3.05, 3.63) is 45.0 Å². The lowest BCUT2D eigenvalue weighted by molar-refractivity contribution is -0.387. The third-order valence-corrected chi connectivity index (χ3v) is 6.48. The highest BCUT2D eigenvalue weighted by Gasteiger charge is 2.25. The Morgan fingerprint density at radius 2 is 2.26 bits per heavy atom. The molecule has 2 aromatic rings. The van der Waals surface area contributed by atoms with Gasteiger partial charge in [-0.05, 0) is 37.9 Å². The highest BCUT2D eigenvalue weighted by molar-refractivity contribution is 8.01. The molecule has 0 bridgehead atoms. The number of hydrogen-bond acceptors (Lipinski definition) is 7. The Hall–Kier alpha value is -1.68. The molecule has 0 spiro atoms. The smallest absolute Gasteiger partial charge is 0.284 e. The summed E-state index contributed by atoms with van der Waals surface area (Å²) in [6.45, 7) is 5.64. The number of nitro benzene ring substituents is 1. The molecular formula is C17H21ClN4O3S2. The molecule has 3 rings (SSSR count). The number of nitrogens with zero attached hydrogens (tertiary/aromatic N) is 2. The van der Waals surface area contributed by atoms with Gasteiger partial charge in [0, 0.05) is 35.3 Å². The zero-order valence-corrected chi connectivity index (χ0v) is 17.4. The standard InChI is InChI=1S/C17H20N4O3S2.ClH/c1-10-5-6-18-8-13(10)20-16(22)12-3-4-15(14(7-12)21(23)24)26-17-19-11(2)9-25-17;/h3-4,7,9-10,13,18H,5-6,8H2,1-2H3,(H,20,22);1H. The van der Waals surface area contributed by atoms with Gasteiger partial charge < -0.3 is 10.6 Å². The monoisotopic (exact) mass is 428 g/mol. The largest absolute Gasteiger partial charge is 0.348 e. The third kappa shape index (κ3) is 5.41. The summed E-state index contributed by atoms with van der Waals surface area (Å²) >= 11 is 2.69. The van der Waals surface area contributed by atoms with Crippen LogP contribution in [0.5, 0.6) is 0 Å². The second-order valence-corrected chi connectivity index (χ2v) is 8.49. The van der Waals surface area contributed by atoms with Crippen LogP contribution in [0.1, 0.15) is 29.4 Å². The van der Waals surface area contributed by atoms with Gasteiger partial charge in [0.15, 0.2) is 4.34 Å². The van der Waals surface area contributed by atoms with Crippen LogP contribution in [0.4, 0.5) is 5.69 Å². The highest BCUT2D eigenvalue weighted by Crippen LogP contribution is 2.36. The number of amides is 1. The summed E-state index contributed by atoms with van der Waals surface area (Å²) in [5, 5.41) is 19.6. The van der Waals surface area contributed by atoms with Crippen molar-refractivity contribution in [1.29, 1.82) is 0 Å². The number of thiazole rings is 1. The van der Waals surface area contributed by atoms with Crippen LogP contribution in [-0.2, 0) is 0 Å². The number of carbonyl (C=O) groups is 1. The number of rotatable bonds is 5. The topological polar surface area (TPSA) is 97.2 Å². The molecule has 1 fully saturated rings. The minimum Gasteiger partial charge on any atom is -0.348 e. The number of piperidine rings is 1. The molecule has 1 amide bonds. The van der Waals surface area contributed by atoms with Crippen molar-refractivity contribution < 1.29 is 9.72 Å². The van der Waals surface area contributed by atoms with E-state index < -0.39 is 4.92 Å². The first kappa shape index (κ1) is 21.6. The summed E-state index contributed by atoms with van der Waals surface area (Å²) < 4.78 is 0.741. The van der Waals surface area contributed by atoms with E-state index >= 15 is 0 Å². The van der Waals surface area contributed by atoms with Gasteiger partial charge in [0.25, 0.3) is 11.6 Å². The second-order valence-electron chi connectivity index (χ2n) is 6.35. The summed E-state index contributed by atoms with van der Waals surface area (Å²) in [6, 6.07) is 4.63. The van der Waals surface area contributed by atoms with Gasteiger partial charge in [-0.1, -0.05) is 18.7 Å². The summed E-state index contributed by atoms with van der Waals surface area (Å²) in [5.74, 6) is 0.0912. The quantitative estimate of drug-likeness (QED) is 0.557. The second kappa shape index (κ2) is 9.50. The molecule has 1 saturated heterocycles. The van der Waals surface area contributed by atoms with Crippen LogP contribution < -0.4 is 10.6 Å². The fraction of sp³-hybridized carbons (Fsp3) is 0.412. The number of nitrogens with one attached hydrogen (secondary N) is 2. The maximum absolute atomic E-state index is 12.5. The number of aromatic nitrogens is 1. The molecular weight excluding hydrogens is 408 g/mol. The number of hydrogen-bond donors (Lipinski definition) is 2. The highest BCUT2D eigenvalue weighted by atomic mass is 35.5. The van der Waals surface area contributed by atoms with Crippen molar-refractivity contribution in [1.82, 2.24) is 15.6 Å². The maximum Gasteiger partial charge on any atom is 0.284 e. The van der Waals surface area contributed by atoms with Gasteiger partial charge in [-0.25, -0.2) is 4.98 Å². The van der Waals surface area contributed by atoms with E-state index in [1.54, 1.807) is 12.1 Å². The van der Waals surface area contributed by atoms with Crippen LogP contribution in [0, 0.1) is 23.0 Å². The van der Waals surface area contributed by atoms with Gasteiger partial charge in [0.05, 0.1) is 9.82 Å². The van der Waals surface area contributed by atoms with E-state index in [0.29, 0.717) is 22.9 Å². The minimum atomic E-state index is -0.454. The van der Waals surface area contributed by atoms with Gasteiger partial charge in [0.2, 0.25) is 0 Å². The first-order chi connectivity index (χ1) is 12.4. The van der Waals surface area contributed by atoms with Gasteiger partial charge in [-0.3, -0.25) is 14.9 Å². The average molecular weight is 429 g/mol. The normalized spacial score (nSPS) is 19.2. The summed E-state index contributed by atoms with van der Waals surface area (Å²) in [6.07, 6.45) is 0.994. The average Bonchev–Trinajstić information content (AvgIpc) is 3.02. The summed E-state index contributed by atoms with van der Waals surface area (Å²) in [5.41, 5.74) is 1.10. The number of carbonyl (C=O) groups excluding carboxylic acids is 1. The molecule has 7 nitrogen and oxygen atoms in total. The molecule has 0 radical (unpaired) electrons. The van der Waals surface area contributed by atoms with Gasteiger partial charge >= 0.3 is 0 Å². The van der Waals surface area contributed by atoms with E-state index in [-0.39, 0.29) is 30.0 Å². The van der Waals surface area contributed by atoms with E-state index in [2.05, 4.69) is 22.5 Å².